The van der Waals surface area contributed by atoms with E-state index in [0.29, 0.717) is 6.07 Å². The van der Waals surface area contributed by atoms with Crippen molar-refractivity contribution in [2.75, 3.05) is 19.7 Å². The number of piperidine rings is 1. The SMILES string of the molecule is CCOC(=O)C(C)NC(=O)C1CCN(S(=O)(=O)c2ccc(Cl)c(C(F)(F)F)c2)CC1. The van der Waals surface area contributed by atoms with Crippen LogP contribution in [0.3, 0.4) is 0 Å². The van der Waals surface area contributed by atoms with Gasteiger partial charge >= 0.3 is 12.1 Å². The summed E-state index contributed by atoms with van der Waals surface area (Å²) in [6.45, 7) is 3.21. The van der Waals surface area contributed by atoms with Crippen LogP contribution in [0.1, 0.15) is 32.3 Å². The number of nitrogens with one attached hydrogen (secondary N) is 1. The monoisotopic (exact) mass is 470 g/mol. The minimum absolute atomic E-state index is 0.0435. The molecule has 1 saturated heterocycles. The lowest BCUT2D eigenvalue weighted by Crippen LogP contribution is -2.46. The van der Waals surface area contributed by atoms with Crippen molar-refractivity contribution in [1.82, 2.24) is 9.62 Å². The Morgan fingerprint density at radius 3 is 2.43 bits per heavy atom. The van der Waals surface area contributed by atoms with Crippen LogP contribution >= 0.6 is 11.6 Å². The molecule has 0 bridgehead atoms. The molecule has 30 heavy (non-hydrogen) atoms. The van der Waals surface area contributed by atoms with Crippen molar-refractivity contribution < 1.29 is 35.9 Å². The smallest absolute Gasteiger partial charge is 0.417 e. The normalized spacial score (nSPS) is 17.4. The first-order valence-corrected chi connectivity index (χ1v) is 11.0. The average Bonchev–Trinajstić information content (AvgIpc) is 2.67. The largest absolute Gasteiger partial charge is 0.464 e. The Hall–Kier alpha value is -1.85. The van der Waals surface area contributed by atoms with Crippen LogP contribution in [0.5, 0.6) is 0 Å². The molecular weight excluding hydrogens is 449 g/mol. The molecule has 1 aliphatic heterocycles. The number of alkyl halides is 3. The Morgan fingerprint density at radius 2 is 1.90 bits per heavy atom. The summed E-state index contributed by atoms with van der Waals surface area (Å²) in [5.41, 5.74) is -1.23. The van der Waals surface area contributed by atoms with Crippen molar-refractivity contribution in [2.45, 2.75) is 43.8 Å². The topological polar surface area (TPSA) is 92.8 Å². The van der Waals surface area contributed by atoms with Gasteiger partial charge in [-0.3, -0.25) is 4.79 Å². The molecule has 0 saturated carbocycles. The maximum absolute atomic E-state index is 13.0. The molecule has 0 aromatic heterocycles. The number of carbonyl (C=O) groups is 2. The summed E-state index contributed by atoms with van der Waals surface area (Å²) in [6, 6.07) is 1.59. The molecule has 168 valence electrons. The van der Waals surface area contributed by atoms with E-state index in [9.17, 15) is 31.2 Å². The Kier molecular flexibility index (Phi) is 7.75. The number of rotatable bonds is 6. The lowest BCUT2D eigenvalue weighted by atomic mass is 9.97. The molecule has 1 amide bonds. The van der Waals surface area contributed by atoms with Crippen LogP contribution in [0.15, 0.2) is 23.1 Å². The number of hydrogen-bond donors (Lipinski definition) is 1. The summed E-state index contributed by atoms with van der Waals surface area (Å²) in [5.74, 6) is -1.50. The first-order valence-electron chi connectivity index (χ1n) is 9.21. The molecular formula is C18H22ClF3N2O5S. The number of benzene rings is 1. The number of esters is 1. The Labute approximate surface area is 177 Å². The van der Waals surface area contributed by atoms with Crippen molar-refractivity contribution in [3.05, 3.63) is 28.8 Å². The zero-order valence-electron chi connectivity index (χ0n) is 16.3. The fourth-order valence-corrected chi connectivity index (χ4v) is 4.77. The van der Waals surface area contributed by atoms with Crippen LogP contribution in [0.2, 0.25) is 5.02 Å². The molecule has 1 aromatic carbocycles. The van der Waals surface area contributed by atoms with Gasteiger partial charge in [-0.25, -0.2) is 13.2 Å². The Balaban J connectivity index is 2.05. The molecule has 1 atom stereocenters. The molecule has 1 fully saturated rings. The number of sulfonamides is 1. The van der Waals surface area contributed by atoms with E-state index in [-0.39, 0.29) is 32.5 Å². The third-order valence-electron chi connectivity index (χ3n) is 4.70. The van der Waals surface area contributed by atoms with E-state index in [4.69, 9.17) is 16.3 Å². The molecule has 1 aliphatic rings. The second kappa shape index (κ2) is 9.52. The number of halogens is 4. The number of amides is 1. The van der Waals surface area contributed by atoms with Gasteiger partial charge in [-0.2, -0.15) is 17.5 Å². The quantitative estimate of drug-likeness (QED) is 0.645. The van der Waals surface area contributed by atoms with E-state index in [0.717, 1.165) is 16.4 Å². The van der Waals surface area contributed by atoms with Gasteiger partial charge < -0.3 is 10.1 Å². The van der Waals surface area contributed by atoms with Gasteiger partial charge in [0.25, 0.3) is 0 Å². The minimum atomic E-state index is -4.79. The molecule has 1 aromatic rings. The van der Waals surface area contributed by atoms with Gasteiger partial charge in [-0.15, -0.1) is 0 Å². The van der Waals surface area contributed by atoms with E-state index >= 15 is 0 Å². The highest BCUT2D eigenvalue weighted by atomic mass is 35.5. The van der Waals surface area contributed by atoms with Crippen molar-refractivity contribution in [3.8, 4) is 0 Å². The number of carbonyl (C=O) groups excluding carboxylic acids is 2. The highest BCUT2D eigenvalue weighted by molar-refractivity contribution is 7.89. The second-order valence-electron chi connectivity index (χ2n) is 6.80. The minimum Gasteiger partial charge on any atom is -0.464 e. The first kappa shape index (κ1) is 24.4. The summed E-state index contributed by atoms with van der Waals surface area (Å²) in [7, 11) is -4.19. The molecule has 7 nitrogen and oxygen atoms in total. The summed E-state index contributed by atoms with van der Waals surface area (Å²) in [5, 5.41) is 1.94. The molecule has 12 heteroatoms. The van der Waals surface area contributed by atoms with E-state index in [1.54, 1.807) is 6.92 Å². The fourth-order valence-electron chi connectivity index (χ4n) is 3.05. The van der Waals surface area contributed by atoms with E-state index in [1.165, 1.54) is 6.92 Å². The van der Waals surface area contributed by atoms with Crippen molar-refractivity contribution in [2.24, 2.45) is 5.92 Å². The van der Waals surface area contributed by atoms with E-state index < -0.39 is 55.5 Å². The van der Waals surface area contributed by atoms with Gasteiger partial charge in [-0.1, -0.05) is 11.6 Å². The molecule has 0 radical (unpaired) electrons. The Morgan fingerprint density at radius 1 is 1.30 bits per heavy atom. The van der Waals surface area contributed by atoms with Gasteiger partial charge in [0.15, 0.2) is 0 Å². The predicted octanol–water partition coefficient (Wildman–Crippen LogP) is 2.83. The number of hydrogen-bond acceptors (Lipinski definition) is 5. The summed E-state index contributed by atoms with van der Waals surface area (Å²) >= 11 is 5.55. The first-order chi connectivity index (χ1) is 13.9. The second-order valence-corrected chi connectivity index (χ2v) is 9.15. The summed E-state index contributed by atoms with van der Waals surface area (Å²) in [6.07, 6.45) is -4.45. The third kappa shape index (κ3) is 5.64. The third-order valence-corrected chi connectivity index (χ3v) is 6.93. The van der Waals surface area contributed by atoms with Crippen molar-refractivity contribution >= 4 is 33.5 Å². The molecule has 1 unspecified atom stereocenters. The molecule has 2 rings (SSSR count). The standard InChI is InChI=1S/C18H22ClF3N2O5S/c1-3-29-17(26)11(2)23-16(25)12-6-8-24(9-7-12)30(27,28)13-4-5-15(19)14(10-13)18(20,21)22/h4-5,10-12H,3,6-9H2,1-2H3,(H,23,25). The zero-order chi connectivity index (χ0) is 22.7. The molecule has 0 spiro atoms. The fraction of sp³-hybridized carbons (Fsp3) is 0.556. The lowest BCUT2D eigenvalue weighted by Gasteiger charge is -2.31. The van der Waals surface area contributed by atoms with Crippen LogP contribution in [-0.2, 0) is 30.5 Å². The number of nitrogens with zero attached hydrogens (tertiary/aromatic N) is 1. The highest BCUT2D eigenvalue weighted by Crippen LogP contribution is 2.36. The van der Waals surface area contributed by atoms with Crippen molar-refractivity contribution in [1.29, 1.82) is 0 Å². The van der Waals surface area contributed by atoms with Crippen LogP contribution < -0.4 is 5.32 Å². The van der Waals surface area contributed by atoms with Gasteiger partial charge in [0.2, 0.25) is 15.9 Å². The maximum atomic E-state index is 13.0. The average molecular weight is 471 g/mol. The summed E-state index contributed by atoms with van der Waals surface area (Å²) in [4.78, 5) is 23.4. The van der Waals surface area contributed by atoms with Crippen LogP contribution in [-0.4, -0.2) is 50.3 Å². The lowest BCUT2D eigenvalue weighted by molar-refractivity contribution is -0.147. The predicted molar refractivity (Wildman–Crippen MR) is 102 cm³/mol. The zero-order valence-corrected chi connectivity index (χ0v) is 17.9. The summed E-state index contributed by atoms with van der Waals surface area (Å²) < 4.78 is 70.5. The molecule has 1 heterocycles. The van der Waals surface area contributed by atoms with Gasteiger partial charge in [-0.05, 0) is 44.9 Å². The van der Waals surface area contributed by atoms with Gasteiger partial charge in [0.05, 0.1) is 22.1 Å². The van der Waals surface area contributed by atoms with E-state index in [2.05, 4.69) is 5.32 Å². The van der Waals surface area contributed by atoms with Gasteiger partial charge in [0, 0.05) is 19.0 Å². The van der Waals surface area contributed by atoms with Crippen LogP contribution in [0.25, 0.3) is 0 Å². The Bertz CT molecular complexity index is 900. The van der Waals surface area contributed by atoms with Gasteiger partial charge in [0.1, 0.15) is 6.04 Å². The van der Waals surface area contributed by atoms with Crippen LogP contribution in [0, 0.1) is 5.92 Å². The number of ether oxygens (including phenoxy) is 1. The van der Waals surface area contributed by atoms with E-state index in [1.807, 2.05) is 0 Å². The molecule has 1 N–H and O–H groups in total. The maximum Gasteiger partial charge on any atom is 0.417 e. The highest BCUT2D eigenvalue weighted by Gasteiger charge is 2.37. The van der Waals surface area contributed by atoms with Crippen LogP contribution in [0.4, 0.5) is 13.2 Å². The van der Waals surface area contributed by atoms with Crippen molar-refractivity contribution in [3.63, 3.8) is 0 Å². The molecule has 0 aliphatic carbocycles.